The fraction of sp³-hybridized carbons (Fsp3) is 0.167. The summed E-state index contributed by atoms with van der Waals surface area (Å²) in [5, 5.41) is -3.68. The van der Waals surface area contributed by atoms with E-state index >= 15 is 0 Å². The predicted molar refractivity (Wildman–Crippen MR) is 64.3 cm³/mol. The highest BCUT2D eigenvalue weighted by atomic mass is 32.2. The Balaban J connectivity index is 2.50. The summed E-state index contributed by atoms with van der Waals surface area (Å²) in [4.78, 5) is 0. The van der Waals surface area contributed by atoms with Gasteiger partial charge in [-0.2, -0.15) is 17.2 Å². The lowest BCUT2D eigenvalue weighted by molar-refractivity contribution is -0.00364. The van der Waals surface area contributed by atoms with E-state index in [9.17, 15) is 21.6 Å². The van der Waals surface area contributed by atoms with E-state index in [0.717, 1.165) is 12.1 Å². The first-order chi connectivity index (χ1) is 8.73. The summed E-state index contributed by atoms with van der Waals surface area (Å²) < 4.78 is 69.4. The number of alkyl halides is 3. The average molecular weight is 290 g/mol. The van der Waals surface area contributed by atoms with Crippen molar-refractivity contribution >= 4 is 20.9 Å². The minimum Gasteiger partial charge on any atom is -0.281 e. The lowest BCUT2D eigenvalue weighted by Crippen LogP contribution is -2.33. The van der Waals surface area contributed by atoms with Gasteiger partial charge in [0.1, 0.15) is 0 Å². The van der Waals surface area contributed by atoms with Crippen molar-refractivity contribution in [1.29, 1.82) is 0 Å². The first-order valence-corrected chi connectivity index (χ1v) is 6.65. The highest BCUT2D eigenvalue weighted by Gasteiger charge is 2.53. The Hall–Kier alpha value is -1.60. The Morgan fingerprint density at radius 1 is 1.05 bits per heavy atom. The maximum Gasteiger partial charge on any atom is 0.404 e. The van der Waals surface area contributed by atoms with Crippen LogP contribution < -0.4 is 0 Å². The van der Waals surface area contributed by atoms with Gasteiger partial charge in [0.05, 0.1) is 0 Å². The first kappa shape index (κ1) is 13.8. The van der Waals surface area contributed by atoms with Gasteiger partial charge in [0, 0.05) is 0 Å². The second kappa shape index (κ2) is 4.50. The number of benzene rings is 2. The molecule has 0 aliphatic carbocycles. The molecule has 0 saturated heterocycles. The lowest BCUT2D eigenvalue weighted by atomic mass is 10.0. The van der Waals surface area contributed by atoms with Crippen LogP contribution in [0, 0.1) is 0 Å². The van der Waals surface area contributed by atoms with E-state index in [1.807, 2.05) is 0 Å². The van der Waals surface area contributed by atoms with Crippen LogP contribution in [0.4, 0.5) is 13.2 Å². The summed E-state index contributed by atoms with van der Waals surface area (Å²) in [5.74, 6) is 0. The molecule has 102 valence electrons. The molecule has 0 bridgehead atoms. The summed E-state index contributed by atoms with van der Waals surface area (Å²) in [6.45, 7) is 0. The molecular weight excluding hydrogens is 281 g/mol. The van der Waals surface area contributed by atoms with E-state index in [4.69, 9.17) is 4.55 Å². The molecule has 2 rings (SSSR count). The molecule has 0 fully saturated rings. The van der Waals surface area contributed by atoms with Crippen molar-refractivity contribution < 1.29 is 26.1 Å². The zero-order valence-corrected chi connectivity index (χ0v) is 10.2. The number of fused-ring (bicyclic) bond motifs is 1. The van der Waals surface area contributed by atoms with Gasteiger partial charge in [-0.3, -0.25) is 4.55 Å². The smallest absolute Gasteiger partial charge is 0.281 e. The predicted octanol–water partition coefficient (Wildman–Crippen LogP) is 3.33. The summed E-state index contributed by atoms with van der Waals surface area (Å²) in [5.41, 5.74) is -0.513. The fourth-order valence-corrected chi connectivity index (χ4v) is 2.09. The van der Waals surface area contributed by atoms with Gasteiger partial charge in [0.2, 0.25) is 6.17 Å². The number of halogens is 3. The Labute approximate surface area is 107 Å². The number of hydrogen-bond acceptors (Lipinski definition) is 2. The van der Waals surface area contributed by atoms with Crippen molar-refractivity contribution in [3.8, 4) is 0 Å². The molecule has 0 aliphatic rings. The largest absolute Gasteiger partial charge is 0.404 e. The molecule has 1 N–H and O–H groups in total. The van der Waals surface area contributed by atoms with Crippen LogP contribution in [-0.2, 0) is 10.1 Å². The van der Waals surface area contributed by atoms with E-state index < -0.39 is 27.1 Å². The summed E-state index contributed by atoms with van der Waals surface area (Å²) in [6, 6.07) is 10.2. The summed E-state index contributed by atoms with van der Waals surface area (Å²) in [7, 11) is -5.81. The Morgan fingerprint density at radius 3 is 2.21 bits per heavy atom. The van der Waals surface area contributed by atoms with Crippen molar-refractivity contribution in [2.75, 3.05) is 0 Å². The van der Waals surface area contributed by atoms with Gasteiger partial charge in [0.25, 0.3) is 0 Å². The third-order valence-electron chi connectivity index (χ3n) is 2.71. The van der Waals surface area contributed by atoms with Crippen molar-refractivity contribution in [1.82, 2.24) is 0 Å². The molecule has 0 radical (unpaired) electrons. The SMILES string of the molecule is O=S(=O)(O)C(F)(F)C(F)c1ccc2ccccc2c1. The lowest BCUT2D eigenvalue weighted by Gasteiger charge is -2.18. The minimum absolute atomic E-state index is 0.494. The summed E-state index contributed by atoms with van der Waals surface area (Å²) in [6.07, 6.45) is -3.13. The first-order valence-electron chi connectivity index (χ1n) is 5.21. The molecule has 1 unspecified atom stereocenters. The molecule has 0 aromatic heterocycles. The standard InChI is InChI=1S/C12H9F3O3S/c13-11(12(14,15)19(16,17)18)10-6-5-8-3-1-2-4-9(8)7-10/h1-7,11H,(H,16,17,18). The monoisotopic (exact) mass is 290 g/mol. The van der Waals surface area contributed by atoms with Crippen LogP contribution in [0.5, 0.6) is 0 Å². The van der Waals surface area contributed by atoms with Crippen molar-refractivity contribution in [2.45, 2.75) is 11.4 Å². The van der Waals surface area contributed by atoms with Gasteiger partial charge in [0.15, 0.2) is 0 Å². The zero-order chi connectivity index (χ0) is 14.3. The molecule has 2 aromatic rings. The maximum atomic E-state index is 13.6. The van der Waals surface area contributed by atoms with Crippen LogP contribution >= 0.6 is 0 Å². The summed E-state index contributed by atoms with van der Waals surface area (Å²) >= 11 is 0. The quantitative estimate of drug-likeness (QED) is 0.882. The van der Waals surface area contributed by atoms with E-state index in [1.165, 1.54) is 6.07 Å². The normalized spacial score (nSPS) is 14.5. The van der Waals surface area contributed by atoms with Crippen molar-refractivity contribution in [3.05, 3.63) is 48.0 Å². The van der Waals surface area contributed by atoms with E-state index in [-0.39, 0.29) is 0 Å². The molecule has 2 aromatic carbocycles. The molecule has 0 heterocycles. The Kier molecular flexibility index (Phi) is 3.27. The fourth-order valence-electron chi connectivity index (χ4n) is 1.69. The van der Waals surface area contributed by atoms with Gasteiger partial charge in [-0.05, 0) is 22.4 Å². The molecule has 3 nitrogen and oxygen atoms in total. The van der Waals surface area contributed by atoms with E-state index in [1.54, 1.807) is 24.3 Å². The van der Waals surface area contributed by atoms with Gasteiger partial charge < -0.3 is 0 Å². The second-order valence-corrected chi connectivity index (χ2v) is 5.50. The van der Waals surface area contributed by atoms with E-state index in [2.05, 4.69) is 0 Å². The molecule has 19 heavy (non-hydrogen) atoms. The van der Waals surface area contributed by atoms with Crippen LogP contribution in [0.2, 0.25) is 0 Å². The van der Waals surface area contributed by atoms with E-state index in [0.29, 0.717) is 10.8 Å². The maximum absolute atomic E-state index is 13.6. The number of hydrogen-bond donors (Lipinski definition) is 1. The minimum atomic E-state index is -5.81. The molecule has 0 aliphatic heterocycles. The zero-order valence-electron chi connectivity index (χ0n) is 9.42. The van der Waals surface area contributed by atoms with Gasteiger partial charge >= 0.3 is 15.4 Å². The van der Waals surface area contributed by atoms with Crippen LogP contribution in [0.25, 0.3) is 10.8 Å². The topological polar surface area (TPSA) is 54.4 Å². The highest BCUT2D eigenvalue weighted by molar-refractivity contribution is 7.86. The molecule has 0 spiro atoms. The Bertz CT molecular complexity index is 713. The number of rotatable bonds is 3. The molecule has 1 atom stereocenters. The van der Waals surface area contributed by atoms with Crippen molar-refractivity contribution in [2.24, 2.45) is 0 Å². The average Bonchev–Trinajstić information content (AvgIpc) is 2.36. The van der Waals surface area contributed by atoms with Gasteiger partial charge in [-0.25, -0.2) is 4.39 Å². The molecule has 7 heteroatoms. The van der Waals surface area contributed by atoms with Crippen molar-refractivity contribution in [3.63, 3.8) is 0 Å². The van der Waals surface area contributed by atoms with Gasteiger partial charge in [-0.1, -0.05) is 36.4 Å². The third-order valence-corrected chi connectivity index (χ3v) is 3.60. The highest BCUT2D eigenvalue weighted by Crippen LogP contribution is 2.39. The van der Waals surface area contributed by atoms with Crippen LogP contribution in [-0.4, -0.2) is 18.2 Å². The van der Waals surface area contributed by atoms with Gasteiger partial charge in [-0.15, -0.1) is 0 Å². The Morgan fingerprint density at radius 2 is 1.63 bits per heavy atom. The molecular formula is C12H9F3O3S. The van der Waals surface area contributed by atoms with Crippen LogP contribution in [0.15, 0.2) is 42.5 Å². The molecule has 0 amide bonds. The molecule has 0 saturated carbocycles. The third kappa shape index (κ3) is 2.43. The van der Waals surface area contributed by atoms with Crippen LogP contribution in [0.3, 0.4) is 0 Å². The second-order valence-electron chi connectivity index (χ2n) is 4.01. The van der Waals surface area contributed by atoms with Crippen LogP contribution in [0.1, 0.15) is 11.7 Å².